The van der Waals surface area contributed by atoms with Gasteiger partial charge in [0.2, 0.25) is 5.13 Å². The molecule has 0 N–H and O–H groups in total. The van der Waals surface area contributed by atoms with E-state index in [1.54, 1.807) is 18.2 Å². The van der Waals surface area contributed by atoms with Gasteiger partial charge in [0.25, 0.3) is 5.69 Å². The number of nitro groups is 1. The lowest BCUT2D eigenvalue weighted by molar-refractivity contribution is -0.384. The summed E-state index contributed by atoms with van der Waals surface area (Å²) in [6.45, 7) is 2.87. The Kier molecular flexibility index (Phi) is 3.57. The molecule has 104 valence electrons. The van der Waals surface area contributed by atoms with Gasteiger partial charge in [0.15, 0.2) is 5.01 Å². The van der Waals surface area contributed by atoms with Gasteiger partial charge in [0.1, 0.15) is 0 Å². The number of morpholine rings is 1. The SMILES string of the molecule is O=[N+]([O-])c1ccccc1-c1nnc(N2CCOCC2)s1. The van der Waals surface area contributed by atoms with Gasteiger partial charge in [-0.05, 0) is 6.07 Å². The van der Waals surface area contributed by atoms with Crippen molar-refractivity contribution >= 4 is 22.2 Å². The Morgan fingerprint density at radius 1 is 1.25 bits per heavy atom. The third-order valence-electron chi connectivity index (χ3n) is 3.03. The van der Waals surface area contributed by atoms with Crippen molar-refractivity contribution in [3.63, 3.8) is 0 Å². The van der Waals surface area contributed by atoms with Crippen LogP contribution in [0.1, 0.15) is 0 Å². The predicted octanol–water partition coefficient (Wildman–Crippen LogP) is 1.95. The lowest BCUT2D eigenvalue weighted by Crippen LogP contribution is -2.36. The smallest absolute Gasteiger partial charge is 0.279 e. The van der Waals surface area contributed by atoms with Crippen LogP contribution in [-0.4, -0.2) is 41.4 Å². The maximum Gasteiger partial charge on any atom is 0.279 e. The number of para-hydroxylation sites is 1. The first kappa shape index (κ1) is 12.9. The van der Waals surface area contributed by atoms with Gasteiger partial charge >= 0.3 is 0 Å². The van der Waals surface area contributed by atoms with E-state index in [9.17, 15) is 10.1 Å². The minimum atomic E-state index is -0.398. The number of nitro benzene ring substituents is 1. The zero-order valence-electron chi connectivity index (χ0n) is 10.6. The lowest BCUT2D eigenvalue weighted by atomic mass is 10.2. The molecule has 3 rings (SSSR count). The number of ether oxygens (including phenoxy) is 1. The molecule has 1 saturated heterocycles. The van der Waals surface area contributed by atoms with Crippen LogP contribution in [0.5, 0.6) is 0 Å². The van der Waals surface area contributed by atoms with E-state index >= 15 is 0 Å². The Balaban J connectivity index is 1.92. The number of hydrogen-bond acceptors (Lipinski definition) is 7. The summed E-state index contributed by atoms with van der Waals surface area (Å²) in [6, 6.07) is 6.58. The fourth-order valence-electron chi connectivity index (χ4n) is 2.02. The molecule has 7 nitrogen and oxygen atoms in total. The Bertz CT molecular complexity index is 625. The number of rotatable bonds is 3. The monoisotopic (exact) mass is 292 g/mol. The molecule has 2 heterocycles. The van der Waals surface area contributed by atoms with Crippen molar-refractivity contribution in [3.05, 3.63) is 34.4 Å². The molecule has 0 unspecified atom stereocenters. The number of anilines is 1. The highest BCUT2D eigenvalue weighted by molar-refractivity contribution is 7.18. The first-order valence-electron chi connectivity index (χ1n) is 6.15. The molecule has 0 aliphatic carbocycles. The van der Waals surface area contributed by atoms with Crippen LogP contribution in [0, 0.1) is 10.1 Å². The predicted molar refractivity (Wildman–Crippen MR) is 75.0 cm³/mol. The minimum Gasteiger partial charge on any atom is -0.378 e. The van der Waals surface area contributed by atoms with E-state index in [4.69, 9.17) is 4.74 Å². The molecular weight excluding hydrogens is 280 g/mol. The molecule has 0 spiro atoms. The maximum absolute atomic E-state index is 11.0. The number of aromatic nitrogens is 2. The average molecular weight is 292 g/mol. The summed E-state index contributed by atoms with van der Waals surface area (Å²) < 4.78 is 5.29. The van der Waals surface area contributed by atoms with Crippen LogP contribution in [0.4, 0.5) is 10.8 Å². The van der Waals surface area contributed by atoms with Crippen LogP contribution in [0.2, 0.25) is 0 Å². The van der Waals surface area contributed by atoms with E-state index in [-0.39, 0.29) is 5.69 Å². The third-order valence-corrected chi connectivity index (χ3v) is 4.04. The Morgan fingerprint density at radius 3 is 2.75 bits per heavy atom. The van der Waals surface area contributed by atoms with Crippen molar-refractivity contribution < 1.29 is 9.66 Å². The van der Waals surface area contributed by atoms with E-state index in [1.807, 2.05) is 0 Å². The van der Waals surface area contributed by atoms with Crippen molar-refractivity contribution in [2.75, 3.05) is 31.2 Å². The minimum absolute atomic E-state index is 0.0529. The van der Waals surface area contributed by atoms with Gasteiger partial charge in [-0.25, -0.2) is 0 Å². The van der Waals surface area contributed by atoms with Gasteiger partial charge in [0, 0.05) is 19.2 Å². The molecule has 1 fully saturated rings. The Labute approximate surface area is 119 Å². The quantitative estimate of drug-likeness (QED) is 0.635. The second kappa shape index (κ2) is 5.51. The largest absolute Gasteiger partial charge is 0.378 e. The molecule has 1 aliphatic rings. The van der Waals surface area contributed by atoms with Crippen LogP contribution in [0.25, 0.3) is 10.6 Å². The van der Waals surface area contributed by atoms with Crippen LogP contribution in [0.3, 0.4) is 0 Å². The molecule has 0 amide bonds. The molecule has 20 heavy (non-hydrogen) atoms. The van der Waals surface area contributed by atoms with Gasteiger partial charge < -0.3 is 9.64 Å². The van der Waals surface area contributed by atoms with E-state index < -0.39 is 4.92 Å². The molecule has 8 heteroatoms. The summed E-state index contributed by atoms with van der Waals surface area (Å²) in [4.78, 5) is 12.7. The fourth-order valence-corrected chi connectivity index (χ4v) is 2.95. The van der Waals surface area contributed by atoms with Crippen molar-refractivity contribution in [1.29, 1.82) is 0 Å². The number of hydrogen-bond donors (Lipinski definition) is 0. The fraction of sp³-hybridized carbons (Fsp3) is 0.333. The molecule has 0 saturated carbocycles. The standard InChI is InChI=1S/C12H12N4O3S/c17-16(18)10-4-2-1-3-9(10)11-13-14-12(20-11)15-5-7-19-8-6-15/h1-4H,5-8H2. The maximum atomic E-state index is 11.0. The van der Waals surface area contributed by atoms with Gasteiger partial charge in [-0.15, -0.1) is 10.2 Å². The van der Waals surface area contributed by atoms with E-state index in [2.05, 4.69) is 15.1 Å². The molecule has 1 aromatic carbocycles. The molecule has 0 bridgehead atoms. The summed E-state index contributed by atoms with van der Waals surface area (Å²) in [5.41, 5.74) is 0.562. The van der Waals surface area contributed by atoms with Crippen LogP contribution in [-0.2, 0) is 4.74 Å². The normalized spacial score (nSPS) is 15.3. The van der Waals surface area contributed by atoms with E-state index in [1.165, 1.54) is 17.4 Å². The first-order chi connectivity index (χ1) is 9.75. The highest BCUT2D eigenvalue weighted by Gasteiger charge is 2.20. The Hall–Kier alpha value is -2.06. The molecule has 1 aromatic heterocycles. The number of benzene rings is 1. The summed E-state index contributed by atoms with van der Waals surface area (Å²) in [5, 5.41) is 20.6. The molecule has 0 atom stereocenters. The van der Waals surface area contributed by atoms with Crippen molar-refractivity contribution in [2.24, 2.45) is 0 Å². The highest BCUT2D eigenvalue weighted by Crippen LogP contribution is 2.34. The van der Waals surface area contributed by atoms with Gasteiger partial charge in [-0.3, -0.25) is 10.1 Å². The first-order valence-corrected chi connectivity index (χ1v) is 6.97. The van der Waals surface area contributed by atoms with Gasteiger partial charge in [-0.2, -0.15) is 0 Å². The van der Waals surface area contributed by atoms with Crippen LogP contribution >= 0.6 is 11.3 Å². The van der Waals surface area contributed by atoms with Gasteiger partial charge in [-0.1, -0.05) is 23.5 Å². The van der Waals surface area contributed by atoms with E-state index in [0.29, 0.717) is 23.8 Å². The molecular formula is C12H12N4O3S. The molecule has 1 aliphatic heterocycles. The van der Waals surface area contributed by atoms with Crippen molar-refractivity contribution in [3.8, 4) is 10.6 Å². The average Bonchev–Trinajstić information content (AvgIpc) is 2.98. The summed E-state index contributed by atoms with van der Waals surface area (Å²) in [7, 11) is 0. The molecule has 0 radical (unpaired) electrons. The van der Waals surface area contributed by atoms with Crippen molar-refractivity contribution in [1.82, 2.24) is 10.2 Å². The van der Waals surface area contributed by atoms with Crippen molar-refractivity contribution in [2.45, 2.75) is 0 Å². The van der Waals surface area contributed by atoms with Crippen LogP contribution < -0.4 is 4.90 Å². The lowest BCUT2D eigenvalue weighted by Gasteiger charge is -2.25. The van der Waals surface area contributed by atoms with E-state index in [0.717, 1.165) is 18.2 Å². The highest BCUT2D eigenvalue weighted by atomic mass is 32.1. The second-order valence-electron chi connectivity index (χ2n) is 4.26. The summed E-state index contributed by atoms with van der Waals surface area (Å²) in [6.07, 6.45) is 0. The molecule has 2 aromatic rings. The Morgan fingerprint density at radius 2 is 2.00 bits per heavy atom. The second-order valence-corrected chi connectivity index (χ2v) is 5.22. The van der Waals surface area contributed by atoms with Crippen LogP contribution in [0.15, 0.2) is 24.3 Å². The van der Waals surface area contributed by atoms with Gasteiger partial charge in [0.05, 0.1) is 23.7 Å². The zero-order valence-corrected chi connectivity index (χ0v) is 11.4. The zero-order chi connectivity index (χ0) is 13.9. The number of nitrogens with zero attached hydrogens (tertiary/aromatic N) is 4. The summed E-state index contributed by atoms with van der Waals surface area (Å²) in [5.74, 6) is 0. The topological polar surface area (TPSA) is 81.4 Å². The third kappa shape index (κ3) is 2.47. The summed E-state index contributed by atoms with van der Waals surface area (Å²) >= 11 is 1.37.